The number of nitrogens with one attached hydrogen (secondary N) is 1. The molecule has 1 aliphatic carbocycles. The van der Waals surface area contributed by atoms with Gasteiger partial charge in [-0.15, -0.1) is 11.8 Å². The lowest BCUT2D eigenvalue weighted by Gasteiger charge is -2.21. The van der Waals surface area contributed by atoms with Gasteiger partial charge in [-0.3, -0.25) is 9.59 Å². The van der Waals surface area contributed by atoms with Gasteiger partial charge in [-0.2, -0.15) is 4.98 Å². The average Bonchev–Trinajstić information content (AvgIpc) is 3.21. The molecular formula is C23H32N4O3S. The fourth-order valence-electron chi connectivity index (χ4n) is 3.76. The smallest absolute Gasteiger partial charge is 0.255 e. The largest absolute Gasteiger partial charge is 0.353 e. The fraction of sp³-hybridized carbons (Fsp3) is 0.565. The predicted octanol–water partition coefficient (Wildman–Crippen LogP) is 4.23. The molecule has 1 aliphatic rings. The molecule has 3 rings (SSSR count). The van der Waals surface area contributed by atoms with Crippen molar-refractivity contribution >= 4 is 23.6 Å². The van der Waals surface area contributed by atoms with Gasteiger partial charge in [0.05, 0.1) is 17.9 Å². The van der Waals surface area contributed by atoms with E-state index in [4.69, 9.17) is 4.52 Å². The van der Waals surface area contributed by atoms with Crippen molar-refractivity contribution in [2.75, 3.05) is 12.8 Å². The maximum absolute atomic E-state index is 13.0. The van der Waals surface area contributed by atoms with Crippen molar-refractivity contribution in [2.24, 2.45) is 0 Å². The van der Waals surface area contributed by atoms with Crippen LogP contribution in [0.4, 0.5) is 0 Å². The third-order valence-electron chi connectivity index (χ3n) is 5.49. The van der Waals surface area contributed by atoms with Gasteiger partial charge < -0.3 is 14.7 Å². The summed E-state index contributed by atoms with van der Waals surface area (Å²) in [6, 6.07) is 7.67. The van der Waals surface area contributed by atoms with E-state index in [-0.39, 0.29) is 24.4 Å². The highest BCUT2D eigenvalue weighted by Gasteiger charge is 2.20. The number of benzene rings is 1. The lowest BCUT2D eigenvalue weighted by atomic mass is 9.97. The second-order valence-corrected chi connectivity index (χ2v) is 9.03. The fourth-order valence-corrected chi connectivity index (χ4v) is 4.62. The molecule has 0 spiro atoms. The summed E-state index contributed by atoms with van der Waals surface area (Å²) < 4.78 is 5.20. The van der Waals surface area contributed by atoms with E-state index in [1.54, 1.807) is 18.0 Å². The first-order valence-electron chi connectivity index (χ1n) is 11.1. The van der Waals surface area contributed by atoms with E-state index in [1.165, 1.54) is 43.9 Å². The quantitative estimate of drug-likeness (QED) is 0.613. The third kappa shape index (κ3) is 7.09. The van der Waals surface area contributed by atoms with Gasteiger partial charge in [-0.25, -0.2) is 0 Å². The summed E-state index contributed by atoms with van der Waals surface area (Å²) in [5, 5.41) is 7.06. The maximum atomic E-state index is 13.0. The zero-order valence-electron chi connectivity index (χ0n) is 18.4. The second kappa shape index (κ2) is 11.9. The Hall–Kier alpha value is -2.35. The molecule has 168 valence electrons. The van der Waals surface area contributed by atoms with Crippen LogP contribution in [-0.2, 0) is 17.8 Å². The van der Waals surface area contributed by atoms with Gasteiger partial charge in [0.2, 0.25) is 11.8 Å². The van der Waals surface area contributed by atoms with Crippen LogP contribution >= 0.6 is 11.8 Å². The number of thioether (sulfide) groups is 1. The number of amides is 2. The molecule has 8 heteroatoms. The second-order valence-electron chi connectivity index (χ2n) is 8.01. The summed E-state index contributed by atoms with van der Waals surface area (Å²) in [5.41, 5.74) is 0.573. The number of rotatable bonds is 8. The zero-order chi connectivity index (χ0) is 22.1. The highest BCUT2D eigenvalue weighted by molar-refractivity contribution is 8.00. The topological polar surface area (TPSA) is 88.3 Å². The molecule has 2 aromatic rings. The maximum Gasteiger partial charge on any atom is 0.255 e. The van der Waals surface area contributed by atoms with E-state index in [0.29, 0.717) is 29.5 Å². The van der Waals surface area contributed by atoms with Crippen LogP contribution in [0.15, 0.2) is 33.7 Å². The molecule has 1 aromatic heterocycles. The molecule has 7 nitrogen and oxygen atoms in total. The van der Waals surface area contributed by atoms with Gasteiger partial charge >= 0.3 is 0 Å². The molecule has 0 aliphatic heterocycles. The monoisotopic (exact) mass is 444 g/mol. The van der Waals surface area contributed by atoms with Crippen LogP contribution in [0.25, 0.3) is 0 Å². The molecule has 2 amide bonds. The Balaban J connectivity index is 1.56. The Morgan fingerprint density at radius 1 is 1.16 bits per heavy atom. The van der Waals surface area contributed by atoms with Gasteiger partial charge in [0.25, 0.3) is 5.91 Å². The van der Waals surface area contributed by atoms with E-state index in [2.05, 4.69) is 15.5 Å². The normalized spacial score (nSPS) is 15.2. The summed E-state index contributed by atoms with van der Waals surface area (Å²) in [5.74, 6) is 1.23. The van der Waals surface area contributed by atoms with Crippen LogP contribution in [0, 0.1) is 0 Å². The third-order valence-corrected chi connectivity index (χ3v) is 6.57. The minimum Gasteiger partial charge on any atom is -0.353 e. The highest BCUT2D eigenvalue weighted by Crippen LogP contribution is 2.24. The van der Waals surface area contributed by atoms with Crippen molar-refractivity contribution in [2.45, 2.75) is 75.8 Å². The molecule has 0 atom stereocenters. The van der Waals surface area contributed by atoms with E-state index >= 15 is 0 Å². The van der Waals surface area contributed by atoms with Crippen LogP contribution in [-0.4, -0.2) is 45.7 Å². The molecule has 1 aromatic carbocycles. The Kier molecular flexibility index (Phi) is 8.94. The Morgan fingerprint density at radius 3 is 2.58 bits per heavy atom. The summed E-state index contributed by atoms with van der Waals surface area (Å²) in [6.45, 7) is 2.19. The van der Waals surface area contributed by atoms with Crippen molar-refractivity contribution in [1.82, 2.24) is 20.4 Å². The standard InChI is InChI=1S/C23H32N4O3S/c1-3-20-25-22(30-26-20)15-27(2)23(29)18-13-9-10-14-19(18)31-16-21(28)24-17-11-7-5-4-6-8-12-17/h9-10,13-14,17H,3-8,11-12,15-16H2,1-2H3,(H,24,28). The zero-order valence-corrected chi connectivity index (χ0v) is 19.2. The number of carbonyl (C=O) groups excluding carboxylic acids is 2. The minimum absolute atomic E-state index is 0.0316. The molecule has 1 heterocycles. The lowest BCUT2D eigenvalue weighted by molar-refractivity contribution is -0.119. The van der Waals surface area contributed by atoms with Crippen molar-refractivity contribution in [3.05, 3.63) is 41.5 Å². The molecule has 0 radical (unpaired) electrons. The molecule has 31 heavy (non-hydrogen) atoms. The van der Waals surface area contributed by atoms with Crippen molar-refractivity contribution in [3.8, 4) is 0 Å². The summed E-state index contributed by atoms with van der Waals surface area (Å²) in [4.78, 5) is 32.1. The Labute approximate surface area is 188 Å². The number of hydrogen-bond acceptors (Lipinski definition) is 6. The highest BCUT2D eigenvalue weighted by atomic mass is 32.2. The summed E-state index contributed by atoms with van der Waals surface area (Å²) in [7, 11) is 1.71. The number of aryl methyl sites for hydroxylation is 1. The molecule has 1 fully saturated rings. The van der Waals surface area contributed by atoms with Gasteiger partial charge in [0.1, 0.15) is 0 Å². The number of hydrogen-bond donors (Lipinski definition) is 1. The summed E-state index contributed by atoms with van der Waals surface area (Å²) >= 11 is 1.40. The van der Waals surface area contributed by atoms with Gasteiger partial charge in [-0.05, 0) is 25.0 Å². The number of aromatic nitrogens is 2. The Morgan fingerprint density at radius 2 is 1.87 bits per heavy atom. The number of nitrogens with zero attached hydrogens (tertiary/aromatic N) is 3. The first kappa shape index (κ1) is 23.3. The minimum atomic E-state index is -0.139. The predicted molar refractivity (Wildman–Crippen MR) is 121 cm³/mol. The molecule has 0 unspecified atom stereocenters. The first-order chi connectivity index (χ1) is 15.1. The van der Waals surface area contributed by atoms with Gasteiger partial charge in [0.15, 0.2) is 5.82 Å². The van der Waals surface area contributed by atoms with Gasteiger partial charge in [-0.1, -0.05) is 56.3 Å². The van der Waals surface area contributed by atoms with Crippen molar-refractivity contribution < 1.29 is 14.1 Å². The van der Waals surface area contributed by atoms with Crippen molar-refractivity contribution in [1.29, 1.82) is 0 Å². The van der Waals surface area contributed by atoms with Crippen LogP contribution in [0.5, 0.6) is 0 Å². The Bertz CT molecular complexity index is 862. The van der Waals surface area contributed by atoms with Gasteiger partial charge in [0, 0.05) is 24.4 Å². The molecular weight excluding hydrogens is 412 g/mol. The average molecular weight is 445 g/mol. The summed E-state index contributed by atoms with van der Waals surface area (Å²) in [6.07, 6.45) is 8.99. The molecule has 1 N–H and O–H groups in total. The first-order valence-corrected chi connectivity index (χ1v) is 12.1. The molecule has 1 saturated carbocycles. The van der Waals surface area contributed by atoms with Crippen LogP contribution in [0.3, 0.4) is 0 Å². The van der Waals surface area contributed by atoms with E-state index in [9.17, 15) is 9.59 Å². The SMILES string of the molecule is CCc1noc(CN(C)C(=O)c2ccccc2SCC(=O)NC2CCCCCCC2)n1. The van der Waals surface area contributed by atoms with Crippen LogP contribution in [0.1, 0.15) is 73.9 Å². The van der Waals surface area contributed by atoms with Crippen LogP contribution in [0.2, 0.25) is 0 Å². The van der Waals surface area contributed by atoms with E-state index < -0.39 is 0 Å². The number of carbonyl (C=O) groups is 2. The van der Waals surface area contributed by atoms with Crippen LogP contribution < -0.4 is 5.32 Å². The van der Waals surface area contributed by atoms with E-state index in [1.807, 2.05) is 25.1 Å². The van der Waals surface area contributed by atoms with E-state index in [0.717, 1.165) is 17.7 Å². The molecule has 0 saturated heterocycles. The molecule has 0 bridgehead atoms. The lowest BCUT2D eigenvalue weighted by Crippen LogP contribution is -2.36. The van der Waals surface area contributed by atoms with Crippen molar-refractivity contribution in [3.63, 3.8) is 0 Å².